The summed E-state index contributed by atoms with van der Waals surface area (Å²) >= 11 is 8.14. The largest absolute Gasteiger partial charge is 0.296 e. The van der Waals surface area contributed by atoms with Gasteiger partial charge in [0, 0.05) is 5.56 Å². The lowest BCUT2D eigenvalue weighted by molar-refractivity contribution is 0.101. The van der Waals surface area contributed by atoms with Crippen LogP contribution in [0.5, 0.6) is 0 Å². The second-order valence-corrected chi connectivity index (χ2v) is 7.76. The van der Waals surface area contributed by atoms with Gasteiger partial charge in [-0.3, -0.25) is 14.9 Å². The highest BCUT2D eigenvalue weighted by Gasteiger charge is 2.15. The predicted molar refractivity (Wildman–Crippen MR) is 101 cm³/mol. The van der Waals surface area contributed by atoms with Crippen LogP contribution in [0.3, 0.4) is 0 Å². The van der Waals surface area contributed by atoms with Crippen molar-refractivity contribution in [1.29, 1.82) is 0 Å². The first-order valence-electron chi connectivity index (χ1n) is 7.44. The van der Waals surface area contributed by atoms with Crippen molar-refractivity contribution in [2.75, 3.05) is 11.1 Å². The minimum Gasteiger partial charge on any atom is -0.296 e. The van der Waals surface area contributed by atoms with Crippen molar-refractivity contribution in [3.63, 3.8) is 0 Å². The molecule has 27 heavy (non-hydrogen) atoms. The Morgan fingerprint density at radius 2 is 1.89 bits per heavy atom. The van der Waals surface area contributed by atoms with Crippen molar-refractivity contribution >= 4 is 51.5 Å². The predicted octanol–water partition coefficient (Wildman–Crippen LogP) is 4.70. The van der Waals surface area contributed by atoms with Gasteiger partial charge in [0.25, 0.3) is 5.91 Å². The number of anilines is 1. The maximum absolute atomic E-state index is 13.2. The molecule has 138 valence electrons. The number of nitrogens with one attached hydrogen (secondary N) is 1. The third kappa shape index (κ3) is 4.88. The molecule has 3 rings (SSSR count). The molecule has 5 nitrogen and oxygen atoms in total. The summed E-state index contributed by atoms with van der Waals surface area (Å²) in [5.74, 6) is -2.92. The highest BCUT2D eigenvalue weighted by Crippen LogP contribution is 2.27. The van der Waals surface area contributed by atoms with Crippen molar-refractivity contribution in [3.8, 4) is 0 Å². The Balaban J connectivity index is 1.59. The molecule has 0 aliphatic rings. The van der Waals surface area contributed by atoms with Crippen molar-refractivity contribution < 1.29 is 18.4 Å². The molecule has 0 fully saturated rings. The summed E-state index contributed by atoms with van der Waals surface area (Å²) < 4.78 is 26.6. The van der Waals surface area contributed by atoms with E-state index in [1.807, 2.05) is 0 Å². The number of aromatic nitrogens is 2. The van der Waals surface area contributed by atoms with Gasteiger partial charge in [-0.1, -0.05) is 46.8 Å². The Kier molecular flexibility index (Phi) is 6.15. The highest BCUT2D eigenvalue weighted by molar-refractivity contribution is 8.01. The number of thioether (sulfide) groups is 1. The van der Waals surface area contributed by atoms with Crippen LogP contribution in [0.4, 0.5) is 13.9 Å². The summed E-state index contributed by atoms with van der Waals surface area (Å²) in [6.45, 7) is 0. The van der Waals surface area contributed by atoms with E-state index in [1.54, 1.807) is 24.3 Å². The van der Waals surface area contributed by atoms with Crippen LogP contribution >= 0.6 is 34.7 Å². The van der Waals surface area contributed by atoms with Crippen LogP contribution in [0.1, 0.15) is 20.7 Å². The Morgan fingerprint density at radius 1 is 1.11 bits per heavy atom. The fourth-order valence-electron chi connectivity index (χ4n) is 2.01. The molecule has 1 heterocycles. The third-order valence-electron chi connectivity index (χ3n) is 3.31. The SMILES string of the molecule is O=C(CSc1nnc(NC(=O)c2ccccc2Cl)s1)c1ccc(F)c(F)c1. The third-order valence-corrected chi connectivity index (χ3v) is 5.62. The molecular formula is C17H10ClF2N3O2S2. The molecule has 1 aromatic heterocycles. The van der Waals surface area contributed by atoms with Gasteiger partial charge in [-0.15, -0.1) is 10.2 Å². The number of amides is 1. The van der Waals surface area contributed by atoms with Crippen LogP contribution in [0.25, 0.3) is 0 Å². The zero-order valence-corrected chi connectivity index (χ0v) is 15.8. The number of halogens is 3. The van der Waals surface area contributed by atoms with E-state index in [9.17, 15) is 18.4 Å². The molecule has 0 spiro atoms. The standard InChI is InChI=1S/C17H10ClF2N3O2S2/c18-11-4-2-1-3-10(11)15(25)21-16-22-23-17(27-16)26-8-14(24)9-5-6-12(19)13(20)7-9/h1-7H,8H2,(H,21,22,25). The van der Waals surface area contributed by atoms with Gasteiger partial charge in [0.15, 0.2) is 21.8 Å². The van der Waals surface area contributed by atoms with Gasteiger partial charge in [-0.25, -0.2) is 8.78 Å². The summed E-state index contributed by atoms with van der Waals surface area (Å²) in [7, 11) is 0. The van der Waals surface area contributed by atoms with Crippen LogP contribution in [0, 0.1) is 11.6 Å². The van der Waals surface area contributed by atoms with Crippen LogP contribution in [0.2, 0.25) is 5.02 Å². The van der Waals surface area contributed by atoms with E-state index in [4.69, 9.17) is 11.6 Å². The lowest BCUT2D eigenvalue weighted by Crippen LogP contribution is -2.12. The molecule has 0 unspecified atom stereocenters. The number of carbonyl (C=O) groups excluding carboxylic acids is 2. The minimum atomic E-state index is -1.08. The highest BCUT2D eigenvalue weighted by atomic mass is 35.5. The lowest BCUT2D eigenvalue weighted by atomic mass is 10.1. The molecule has 0 saturated carbocycles. The Labute approximate surface area is 165 Å². The quantitative estimate of drug-likeness (QED) is 0.352. The van der Waals surface area contributed by atoms with Crippen molar-refractivity contribution in [1.82, 2.24) is 10.2 Å². The number of ketones is 1. The first kappa shape index (κ1) is 19.4. The van der Waals surface area contributed by atoms with E-state index in [0.717, 1.165) is 35.2 Å². The Hall–Kier alpha value is -2.36. The van der Waals surface area contributed by atoms with Gasteiger partial charge in [-0.2, -0.15) is 0 Å². The van der Waals surface area contributed by atoms with E-state index < -0.39 is 17.5 Å². The van der Waals surface area contributed by atoms with E-state index in [1.165, 1.54) is 6.07 Å². The topological polar surface area (TPSA) is 72.0 Å². The van der Waals surface area contributed by atoms with Gasteiger partial charge >= 0.3 is 0 Å². The fraction of sp³-hybridized carbons (Fsp3) is 0.0588. The molecule has 2 aromatic carbocycles. The molecule has 0 aliphatic carbocycles. The lowest BCUT2D eigenvalue weighted by Gasteiger charge is -2.02. The average Bonchev–Trinajstić information content (AvgIpc) is 3.09. The summed E-state index contributed by atoms with van der Waals surface area (Å²) in [5, 5.41) is 10.9. The van der Waals surface area contributed by atoms with Crippen LogP contribution in [-0.4, -0.2) is 27.6 Å². The van der Waals surface area contributed by atoms with E-state index in [0.29, 0.717) is 14.9 Å². The normalized spacial score (nSPS) is 10.6. The number of Topliss-reactive ketones (excluding diaryl/α,β-unsaturated/α-hetero) is 1. The molecule has 0 saturated heterocycles. The summed E-state index contributed by atoms with van der Waals surface area (Å²) in [6.07, 6.45) is 0. The van der Waals surface area contributed by atoms with Crippen molar-refractivity contribution in [2.45, 2.75) is 4.34 Å². The number of hydrogen-bond acceptors (Lipinski definition) is 6. The van der Waals surface area contributed by atoms with E-state index in [-0.39, 0.29) is 22.2 Å². The number of benzene rings is 2. The monoisotopic (exact) mass is 425 g/mol. The molecule has 0 atom stereocenters. The van der Waals surface area contributed by atoms with Crippen molar-refractivity contribution in [3.05, 3.63) is 70.2 Å². The number of nitrogens with zero attached hydrogens (tertiary/aromatic N) is 2. The summed E-state index contributed by atoms with van der Waals surface area (Å²) in [4.78, 5) is 24.2. The zero-order valence-electron chi connectivity index (χ0n) is 13.4. The minimum absolute atomic E-state index is 0.0296. The van der Waals surface area contributed by atoms with E-state index >= 15 is 0 Å². The van der Waals surface area contributed by atoms with Crippen LogP contribution in [-0.2, 0) is 0 Å². The molecule has 10 heteroatoms. The second-order valence-electron chi connectivity index (χ2n) is 5.15. The molecule has 3 aromatic rings. The summed E-state index contributed by atoms with van der Waals surface area (Å²) in [6, 6.07) is 9.55. The first-order chi connectivity index (χ1) is 12.9. The van der Waals surface area contributed by atoms with Crippen molar-refractivity contribution in [2.24, 2.45) is 0 Å². The van der Waals surface area contributed by atoms with E-state index in [2.05, 4.69) is 15.5 Å². The smallest absolute Gasteiger partial charge is 0.259 e. The molecule has 0 bridgehead atoms. The fourth-order valence-corrected chi connectivity index (χ4v) is 3.87. The molecule has 1 N–H and O–H groups in total. The van der Waals surface area contributed by atoms with Gasteiger partial charge < -0.3 is 0 Å². The zero-order chi connectivity index (χ0) is 19.4. The molecule has 0 aliphatic heterocycles. The average molecular weight is 426 g/mol. The molecule has 0 radical (unpaired) electrons. The van der Waals surface area contributed by atoms with Gasteiger partial charge in [0.2, 0.25) is 5.13 Å². The van der Waals surface area contributed by atoms with Gasteiger partial charge in [-0.05, 0) is 30.3 Å². The maximum atomic E-state index is 13.2. The molecular weight excluding hydrogens is 416 g/mol. The maximum Gasteiger partial charge on any atom is 0.259 e. The van der Waals surface area contributed by atoms with Crippen LogP contribution < -0.4 is 5.32 Å². The van der Waals surface area contributed by atoms with Crippen LogP contribution in [0.15, 0.2) is 46.8 Å². The molecule has 1 amide bonds. The summed E-state index contributed by atoms with van der Waals surface area (Å²) in [5.41, 5.74) is 0.371. The van der Waals surface area contributed by atoms with Gasteiger partial charge in [0.1, 0.15) is 0 Å². The first-order valence-corrected chi connectivity index (χ1v) is 9.62. The second kappa shape index (κ2) is 8.55. The number of rotatable bonds is 6. The Bertz CT molecular complexity index is 1010. The Morgan fingerprint density at radius 3 is 2.63 bits per heavy atom. The number of carbonyl (C=O) groups is 2. The van der Waals surface area contributed by atoms with Gasteiger partial charge in [0.05, 0.1) is 16.3 Å². The number of hydrogen-bond donors (Lipinski definition) is 1.